The Balaban J connectivity index is 2.56. The van der Waals surface area contributed by atoms with Crippen LogP contribution in [0.5, 0.6) is 0 Å². The first-order valence-electron chi connectivity index (χ1n) is 5.03. The number of hydrogen-bond acceptors (Lipinski definition) is 2. The first-order chi connectivity index (χ1) is 6.61. The van der Waals surface area contributed by atoms with Gasteiger partial charge in [0.25, 0.3) is 0 Å². The SMILES string of the molecule is Cc1c(C(C)C)ccc2c1B(O)OC2. The van der Waals surface area contributed by atoms with Gasteiger partial charge in [-0.2, -0.15) is 0 Å². The zero-order chi connectivity index (χ0) is 10.3. The van der Waals surface area contributed by atoms with Crippen LogP contribution in [0, 0.1) is 6.92 Å². The topological polar surface area (TPSA) is 29.5 Å². The molecule has 1 aliphatic rings. The lowest BCUT2D eigenvalue weighted by molar-refractivity contribution is 0.275. The highest BCUT2D eigenvalue weighted by atomic mass is 16.5. The predicted molar refractivity (Wildman–Crippen MR) is 57.7 cm³/mol. The number of benzene rings is 1. The fourth-order valence-electron chi connectivity index (χ4n) is 2.15. The maximum Gasteiger partial charge on any atom is 0.492 e. The van der Waals surface area contributed by atoms with Crippen LogP contribution in [0.2, 0.25) is 0 Å². The summed E-state index contributed by atoms with van der Waals surface area (Å²) in [6, 6.07) is 4.20. The van der Waals surface area contributed by atoms with Gasteiger partial charge in [0.15, 0.2) is 0 Å². The Kier molecular flexibility index (Phi) is 2.37. The van der Waals surface area contributed by atoms with Gasteiger partial charge in [0, 0.05) is 0 Å². The Morgan fingerprint density at radius 2 is 2.14 bits per heavy atom. The summed E-state index contributed by atoms with van der Waals surface area (Å²) < 4.78 is 5.19. The third-order valence-corrected chi connectivity index (χ3v) is 2.91. The van der Waals surface area contributed by atoms with Gasteiger partial charge in [-0.25, -0.2) is 0 Å². The van der Waals surface area contributed by atoms with Gasteiger partial charge in [-0.05, 0) is 35.0 Å². The van der Waals surface area contributed by atoms with E-state index in [0.29, 0.717) is 12.5 Å². The molecule has 1 aromatic carbocycles. The maximum absolute atomic E-state index is 9.65. The van der Waals surface area contributed by atoms with Crippen LogP contribution in [0.15, 0.2) is 12.1 Å². The molecule has 0 spiro atoms. The number of hydrogen-bond donors (Lipinski definition) is 1. The van der Waals surface area contributed by atoms with Crippen LogP contribution in [0.25, 0.3) is 0 Å². The molecule has 0 fully saturated rings. The second-order valence-corrected chi connectivity index (χ2v) is 4.17. The van der Waals surface area contributed by atoms with Gasteiger partial charge in [0.2, 0.25) is 0 Å². The molecule has 0 bridgehead atoms. The molecule has 1 aromatic rings. The third kappa shape index (κ3) is 1.37. The van der Waals surface area contributed by atoms with Crippen molar-refractivity contribution in [2.24, 2.45) is 0 Å². The smallest absolute Gasteiger partial charge is 0.423 e. The van der Waals surface area contributed by atoms with Crippen molar-refractivity contribution in [1.29, 1.82) is 0 Å². The van der Waals surface area contributed by atoms with E-state index >= 15 is 0 Å². The summed E-state index contributed by atoms with van der Waals surface area (Å²) in [6.45, 7) is 6.93. The van der Waals surface area contributed by atoms with Crippen molar-refractivity contribution in [1.82, 2.24) is 0 Å². The predicted octanol–water partition coefficient (Wildman–Crippen LogP) is 1.34. The minimum Gasteiger partial charge on any atom is -0.423 e. The normalized spacial score (nSPS) is 15.1. The molecular weight excluding hydrogens is 175 g/mol. The molecule has 1 N–H and O–H groups in total. The quantitative estimate of drug-likeness (QED) is 0.677. The van der Waals surface area contributed by atoms with E-state index < -0.39 is 7.12 Å². The minimum atomic E-state index is -0.719. The summed E-state index contributed by atoms with van der Waals surface area (Å²) in [5.41, 5.74) is 4.59. The van der Waals surface area contributed by atoms with E-state index in [4.69, 9.17) is 4.65 Å². The minimum absolute atomic E-state index is 0.494. The van der Waals surface area contributed by atoms with E-state index in [1.54, 1.807) is 0 Å². The highest BCUT2D eigenvalue weighted by Gasteiger charge is 2.30. The van der Waals surface area contributed by atoms with E-state index in [0.717, 1.165) is 11.0 Å². The van der Waals surface area contributed by atoms with E-state index in [1.165, 1.54) is 11.1 Å². The van der Waals surface area contributed by atoms with Gasteiger partial charge in [-0.1, -0.05) is 26.0 Å². The molecule has 1 heterocycles. The van der Waals surface area contributed by atoms with Gasteiger partial charge >= 0.3 is 7.12 Å². The Bertz CT molecular complexity index is 361. The van der Waals surface area contributed by atoms with Crippen molar-refractivity contribution >= 4 is 12.6 Å². The first kappa shape index (κ1) is 9.75. The van der Waals surface area contributed by atoms with Gasteiger partial charge < -0.3 is 9.68 Å². The molecule has 1 aliphatic heterocycles. The Morgan fingerprint density at radius 1 is 1.43 bits per heavy atom. The molecule has 0 atom stereocenters. The standard InChI is InChI=1S/C11H15BO2/c1-7(2)10-5-4-9-6-14-12(13)11(9)8(10)3/h4-5,7,13H,6H2,1-3H3. The molecule has 14 heavy (non-hydrogen) atoms. The van der Waals surface area contributed by atoms with Crippen molar-refractivity contribution in [3.63, 3.8) is 0 Å². The number of fused-ring (bicyclic) bond motifs is 1. The Morgan fingerprint density at radius 3 is 2.79 bits per heavy atom. The lowest BCUT2D eigenvalue weighted by Crippen LogP contribution is -2.31. The molecule has 0 aliphatic carbocycles. The van der Waals surface area contributed by atoms with Gasteiger partial charge in [-0.15, -0.1) is 0 Å². The fraction of sp³-hybridized carbons (Fsp3) is 0.455. The highest BCUT2D eigenvalue weighted by Crippen LogP contribution is 2.21. The summed E-state index contributed by atoms with van der Waals surface area (Å²) >= 11 is 0. The van der Waals surface area contributed by atoms with E-state index in [2.05, 4.69) is 32.9 Å². The largest absolute Gasteiger partial charge is 0.492 e. The van der Waals surface area contributed by atoms with Gasteiger partial charge in [0.1, 0.15) is 0 Å². The van der Waals surface area contributed by atoms with E-state index in [-0.39, 0.29) is 0 Å². The lowest BCUT2D eigenvalue weighted by atomic mass is 9.74. The average Bonchev–Trinajstić information content (AvgIpc) is 2.48. The molecule has 2 rings (SSSR count). The highest BCUT2D eigenvalue weighted by molar-refractivity contribution is 6.62. The average molecular weight is 190 g/mol. The summed E-state index contributed by atoms with van der Waals surface area (Å²) in [5, 5.41) is 9.65. The second kappa shape index (κ2) is 3.41. The number of rotatable bonds is 1. The van der Waals surface area contributed by atoms with Crippen LogP contribution < -0.4 is 5.46 Å². The summed E-state index contributed by atoms with van der Waals surface area (Å²) in [7, 11) is -0.719. The van der Waals surface area contributed by atoms with Crippen molar-refractivity contribution in [3.8, 4) is 0 Å². The lowest BCUT2D eigenvalue weighted by Gasteiger charge is -2.13. The molecule has 0 saturated carbocycles. The monoisotopic (exact) mass is 190 g/mol. The molecule has 0 unspecified atom stereocenters. The van der Waals surface area contributed by atoms with E-state index in [1.807, 2.05) is 0 Å². The zero-order valence-electron chi connectivity index (χ0n) is 8.87. The first-order valence-corrected chi connectivity index (χ1v) is 5.03. The summed E-state index contributed by atoms with van der Waals surface area (Å²) in [6.07, 6.45) is 0. The van der Waals surface area contributed by atoms with Crippen molar-refractivity contribution < 1.29 is 9.68 Å². The van der Waals surface area contributed by atoms with Crippen molar-refractivity contribution in [3.05, 3.63) is 28.8 Å². The van der Waals surface area contributed by atoms with Crippen LogP contribution in [0.1, 0.15) is 36.5 Å². The van der Waals surface area contributed by atoms with Crippen LogP contribution in [0.4, 0.5) is 0 Å². The fourth-order valence-corrected chi connectivity index (χ4v) is 2.15. The van der Waals surface area contributed by atoms with Crippen LogP contribution in [-0.4, -0.2) is 12.1 Å². The van der Waals surface area contributed by atoms with Gasteiger partial charge in [0.05, 0.1) is 6.61 Å². The van der Waals surface area contributed by atoms with Crippen LogP contribution in [-0.2, 0) is 11.3 Å². The molecule has 0 radical (unpaired) electrons. The summed E-state index contributed by atoms with van der Waals surface area (Å²) in [4.78, 5) is 0. The van der Waals surface area contributed by atoms with Crippen LogP contribution >= 0.6 is 0 Å². The zero-order valence-corrected chi connectivity index (χ0v) is 8.87. The molecular formula is C11H15BO2. The van der Waals surface area contributed by atoms with Crippen molar-refractivity contribution in [2.45, 2.75) is 33.3 Å². The molecule has 0 amide bonds. The maximum atomic E-state index is 9.65. The third-order valence-electron chi connectivity index (χ3n) is 2.91. The second-order valence-electron chi connectivity index (χ2n) is 4.17. The van der Waals surface area contributed by atoms with E-state index in [9.17, 15) is 5.02 Å². The van der Waals surface area contributed by atoms with Crippen molar-refractivity contribution in [2.75, 3.05) is 0 Å². The Labute approximate surface area is 85.1 Å². The summed E-state index contributed by atoms with van der Waals surface area (Å²) in [5.74, 6) is 0.494. The molecule has 74 valence electrons. The molecule has 3 heteroatoms. The molecule has 2 nitrogen and oxygen atoms in total. The Hall–Kier alpha value is -0.795. The van der Waals surface area contributed by atoms with Gasteiger partial charge in [-0.3, -0.25) is 0 Å². The molecule has 0 aromatic heterocycles. The molecule has 0 saturated heterocycles. The van der Waals surface area contributed by atoms with Crippen LogP contribution in [0.3, 0.4) is 0 Å².